The largest absolute Gasteiger partial charge is 0.504 e. The number of hydroxylamine groups is 2. The SMILES string of the molecule is COc1cc(CN(O)[C@@]2(O)[C@H](O)[C@@H](CO)O[C@@]2(O)n2c(N)c(CC(C)F)cnc2=O)ccc1O. The second kappa shape index (κ2) is 9.42. The maximum atomic E-state index is 13.6. The minimum atomic E-state index is -3.28. The van der Waals surface area contributed by atoms with Gasteiger partial charge in [0.1, 0.15) is 24.2 Å². The van der Waals surface area contributed by atoms with E-state index in [-0.39, 0.29) is 38.7 Å². The monoisotopic (exact) mass is 486 g/mol. The highest BCUT2D eigenvalue weighted by atomic mass is 19.1. The molecule has 1 aliphatic rings. The number of halogens is 1. The van der Waals surface area contributed by atoms with Crippen LogP contribution in [0.1, 0.15) is 18.1 Å². The molecule has 0 spiro atoms. The van der Waals surface area contributed by atoms with Crippen molar-refractivity contribution in [3.8, 4) is 11.5 Å². The van der Waals surface area contributed by atoms with E-state index in [0.717, 1.165) is 6.20 Å². The fourth-order valence-corrected chi connectivity index (χ4v) is 3.86. The first kappa shape index (κ1) is 25.8. The number of benzene rings is 1. The number of phenols is 1. The molecule has 1 aromatic carbocycles. The van der Waals surface area contributed by atoms with Crippen molar-refractivity contribution in [2.24, 2.45) is 0 Å². The first-order valence-corrected chi connectivity index (χ1v) is 10.2. The fraction of sp³-hybridized carbons (Fsp3) is 0.500. The van der Waals surface area contributed by atoms with Gasteiger partial charge in [0.25, 0.3) is 0 Å². The fourth-order valence-electron chi connectivity index (χ4n) is 3.86. The number of nitrogen functional groups attached to an aromatic ring is 1. The molecule has 5 atom stereocenters. The maximum Gasteiger partial charge on any atom is 0.353 e. The molecule has 2 aromatic rings. The Morgan fingerprint density at radius 3 is 2.68 bits per heavy atom. The predicted molar refractivity (Wildman–Crippen MR) is 112 cm³/mol. The molecule has 8 N–H and O–H groups in total. The summed E-state index contributed by atoms with van der Waals surface area (Å²) in [5, 5.41) is 63.8. The highest BCUT2D eigenvalue weighted by Gasteiger charge is 2.70. The minimum Gasteiger partial charge on any atom is -0.504 e. The average molecular weight is 486 g/mol. The number of aliphatic hydroxyl groups is 4. The lowest BCUT2D eigenvalue weighted by molar-refractivity contribution is -0.413. The molecule has 13 nitrogen and oxygen atoms in total. The standard InChI is InChI=1S/C20H27FN4O9/c1-10(21)5-12-7-23-18(29)25(17(12)22)20(31)19(30,16(28)15(9-26)34-20)24(32)8-11-3-4-13(27)14(6-11)33-2/h3-4,6-7,10,15-16,26-28,30-32H,5,8-9,22H2,1-2H3/t10?,15-,16-,19-,20-/m1/s1. The van der Waals surface area contributed by atoms with Crippen molar-refractivity contribution < 1.29 is 44.6 Å². The van der Waals surface area contributed by atoms with Gasteiger partial charge in [0, 0.05) is 18.2 Å². The molecule has 0 bridgehead atoms. The number of nitrogens with two attached hydrogens (primary N) is 1. The highest BCUT2D eigenvalue weighted by Crippen LogP contribution is 2.45. The number of aromatic hydroxyl groups is 1. The van der Waals surface area contributed by atoms with E-state index in [2.05, 4.69) is 4.98 Å². The molecule has 1 fully saturated rings. The van der Waals surface area contributed by atoms with E-state index in [1.807, 2.05) is 0 Å². The van der Waals surface area contributed by atoms with Crippen LogP contribution in [0, 0.1) is 0 Å². The molecule has 1 saturated heterocycles. The summed E-state index contributed by atoms with van der Waals surface area (Å²) in [6, 6.07) is 3.89. The first-order chi connectivity index (χ1) is 15.9. The molecular weight excluding hydrogens is 459 g/mol. The lowest BCUT2D eigenvalue weighted by Crippen LogP contribution is -2.68. The van der Waals surface area contributed by atoms with Gasteiger partial charge in [-0.05, 0) is 24.6 Å². The molecule has 34 heavy (non-hydrogen) atoms. The number of rotatable bonds is 8. The first-order valence-electron chi connectivity index (χ1n) is 10.2. The number of aromatic nitrogens is 2. The highest BCUT2D eigenvalue weighted by molar-refractivity contribution is 5.42. The summed E-state index contributed by atoms with van der Waals surface area (Å²) in [5.41, 5.74) is 1.74. The molecular formula is C20H27FN4O9. The molecule has 1 unspecified atom stereocenters. The molecule has 3 rings (SSSR count). The van der Waals surface area contributed by atoms with Gasteiger partial charge in [-0.1, -0.05) is 6.07 Å². The minimum absolute atomic E-state index is 0.0244. The number of alkyl halides is 1. The van der Waals surface area contributed by atoms with Crippen LogP contribution in [0.4, 0.5) is 10.2 Å². The van der Waals surface area contributed by atoms with Gasteiger partial charge in [0.05, 0.1) is 20.3 Å². The Kier molecular flexibility index (Phi) is 7.14. The van der Waals surface area contributed by atoms with E-state index in [0.29, 0.717) is 0 Å². The topological polar surface area (TPSA) is 204 Å². The van der Waals surface area contributed by atoms with Crippen LogP contribution >= 0.6 is 0 Å². The number of methoxy groups -OCH3 is 1. The normalized spacial score (nSPS) is 27.8. The van der Waals surface area contributed by atoms with Crippen LogP contribution in [-0.2, 0) is 23.6 Å². The van der Waals surface area contributed by atoms with Gasteiger partial charge in [-0.3, -0.25) is 0 Å². The smallest absolute Gasteiger partial charge is 0.353 e. The van der Waals surface area contributed by atoms with Crippen molar-refractivity contribution in [3.05, 3.63) is 46.0 Å². The Morgan fingerprint density at radius 1 is 1.41 bits per heavy atom. The average Bonchev–Trinajstić information content (AvgIpc) is 2.98. The predicted octanol–water partition coefficient (Wildman–Crippen LogP) is -1.63. The van der Waals surface area contributed by atoms with Gasteiger partial charge in [-0.25, -0.2) is 18.7 Å². The quantitative estimate of drug-likeness (QED) is 0.166. The van der Waals surface area contributed by atoms with Crippen LogP contribution in [0.25, 0.3) is 0 Å². The maximum absolute atomic E-state index is 13.6. The number of hydrogen-bond donors (Lipinski definition) is 7. The lowest BCUT2D eigenvalue weighted by Gasteiger charge is -2.42. The number of phenolic OH excluding ortho intramolecular Hbond substituents is 1. The number of ether oxygens (including phenoxy) is 2. The van der Waals surface area contributed by atoms with Crippen molar-refractivity contribution in [1.29, 1.82) is 0 Å². The molecule has 0 aliphatic carbocycles. The molecule has 0 amide bonds. The second-order valence-electron chi connectivity index (χ2n) is 7.95. The third-order valence-electron chi connectivity index (χ3n) is 5.61. The van der Waals surface area contributed by atoms with Gasteiger partial charge < -0.3 is 45.9 Å². The zero-order chi connectivity index (χ0) is 25.4. The summed E-state index contributed by atoms with van der Waals surface area (Å²) >= 11 is 0. The van der Waals surface area contributed by atoms with E-state index in [9.17, 15) is 39.9 Å². The summed E-state index contributed by atoms with van der Waals surface area (Å²) in [4.78, 5) is 16.1. The lowest BCUT2D eigenvalue weighted by atomic mass is 9.99. The zero-order valence-corrected chi connectivity index (χ0v) is 18.4. The van der Waals surface area contributed by atoms with Crippen LogP contribution in [0.3, 0.4) is 0 Å². The molecule has 14 heteroatoms. The van der Waals surface area contributed by atoms with Gasteiger partial charge in [-0.2, -0.15) is 0 Å². The van der Waals surface area contributed by atoms with Gasteiger partial charge in [-0.15, -0.1) is 5.06 Å². The number of nitrogens with zero attached hydrogens (tertiary/aromatic N) is 3. The van der Waals surface area contributed by atoms with Crippen molar-refractivity contribution in [3.63, 3.8) is 0 Å². The Morgan fingerprint density at radius 2 is 2.09 bits per heavy atom. The molecule has 188 valence electrons. The van der Waals surface area contributed by atoms with Crippen LogP contribution in [0.15, 0.2) is 29.2 Å². The van der Waals surface area contributed by atoms with E-state index in [1.165, 1.54) is 32.2 Å². The molecule has 2 heterocycles. The number of hydrogen-bond acceptors (Lipinski definition) is 12. The van der Waals surface area contributed by atoms with Crippen LogP contribution in [-0.4, -0.2) is 83.2 Å². The van der Waals surface area contributed by atoms with Crippen LogP contribution < -0.4 is 16.2 Å². The summed E-state index contributed by atoms with van der Waals surface area (Å²) in [6.07, 6.45) is -4.60. The van der Waals surface area contributed by atoms with Crippen LogP contribution in [0.2, 0.25) is 0 Å². The molecule has 0 saturated carbocycles. The number of aliphatic hydroxyl groups excluding tert-OH is 2. The summed E-state index contributed by atoms with van der Waals surface area (Å²) < 4.78 is 24.1. The van der Waals surface area contributed by atoms with Crippen molar-refractivity contribution in [1.82, 2.24) is 14.6 Å². The van der Waals surface area contributed by atoms with E-state index >= 15 is 0 Å². The third kappa shape index (κ3) is 4.09. The van der Waals surface area contributed by atoms with Crippen molar-refractivity contribution in [2.75, 3.05) is 19.5 Å². The van der Waals surface area contributed by atoms with E-state index in [1.54, 1.807) is 0 Å². The number of anilines is 1. The summed E-state index contributed by atoms with van der Waals surface area (Å²) in [6.45, 7) is -0.313. The summed E-state index contributed by atoms with van der Waals surface area (Å²) in [7, 11) is 1.29. The second-order valence-corrected chi connectivity index (χ2v) is 7.95. The molecule has 1 aliphatic heterocycles. The Hall–Kier alpha value is -2.85. The van der Waals surface area contributed by atoms with Crippen molar-refractivity contribution >= 4 is 5.82 Å². The third-order valence-corrected chi connectivity index (χ3v) is 5.61. The van der Waals surface area contributed by atoms with Crippen LogP contribution in [0.5, 0.6) is 11.5 Å². The molecule has 0 radical (unpaired) electrons. The Bertz CT molecular complexity index is 1100. The zero-order valence-electron chi connectivity index (χ0n) is 18.4. The summed E-state index contributed by atoms with van der Waals surface area (Å²) in [5.74, 6) is -4.00. The van der Waals surface area contributed by atoms with Gasteiger partial charge >= 0.3 is 11.6 Å². The molecule has 1 aromatic heterocycles. The van der Waals surface area contributed by atoms with E-state index < -0.39 is 54.7 Å². The van der Waals surface area contributed by atoms with E-state index in [4.69, 9.17) is 15.2 Å². The van der Waals surface area contributed by atoms with Gasteiger partial charge in [0.2, 0.25) is 5.72 Å². The van der Waals surface area contributed by atoms with Crippen molar-refractivity contribution in [2.45, 2.75) is 49.9 Å². The van der Waals surface area contributed by atoms with Gasteiger partial charge in [0.15, 0.2) is 11.5 Å². The Balaban J connectivity index is 2.13. The Labute approximate surface area is 192 Å².